The van der Waals surface area contributed by atoms with E-state index < -0.39 is 39.0 Å². The quantitative estimate of drug-likeness (QED) is 0.390. The maximum atomic E-state index is 7.50. The van der Waals surface area contributed by atoms with E-state index in [1.165, 1.54) is 6.55 Å². The topological polar surface area (TPSA) is 36.9 Å². The zero-order chi connectivity index (χ0) is 10.1. The fraction of sp³-hybridized carbons (Fsp3) is 1.00. The van der Waals surface area contributed by atoms with E-state index in [1.807, 2.05) is 0 Å². The van der Waals surface area contributed by atoms with Gasteiger partial charge in [0, 0.05) is 0 Å². The summed E-state index contributed by atoms with van der Waals surface area (Å²) in [6.45, 7) is 1.42. The lowest BCUT2D eigenvalue weighted by atomic mass is 11.9. The molecule has 2 atom stereocenters. The molecule has 0 bridgehead atoms. The van der Waals surface area contributed by atoms with E-state index in [9.17, 15) is 0 Å². The van der Waals surface area contributed by atoms with E-state index in [2.05, 4.69) is 0 Å². The fourth-order valence-corrected chi connectivity index (χ4v) is 4.98. The van der Waals surface area contributed by atoms with Crippen molar-refractivity contribution >= 4 is 39.0 Å². The highest BCUT2D eigenvalue weighted by atomic mass is 28.4. The lowest BCUT2D eigenvalue weighted by Gasteiger charge is -2.16. The molecule has 0 spiro atoms. The average Bonchev–Trinajstić information content (AvgIpc) is 1.78. The minimum atomic E-state index is -3.85. The summed E-state index contributed by atoms with van der Waals surface area (Å²) < 4.78 is 48.8. The van der Waals surface area contributed by atoms with Crippen LogP contribution in [0.2, 0.25) is 6.55 Å². The van der Waals surface area contributed by atoms with Gasteiger partial charge in [0.2, 0.25) is 0 Å². The first-order chi connectivity index (χ1) is 5.81. The second-order valence-electron chi connectivity index (χ2n) is 1.32. The zero-order valence-corrected chi connectivity index (χ0v) is 9.49. The lowest BCUT2D eigenvalue weighted by Crippen LogP contribution is -2.30. The second kappa shape index (κ2) is 4.51. The SMILES string of the molecule is [2H][SiH]1O[SiH2]O[Si]([2H])(C)O[Si]([2H])([2H])O1. The van der Waals surface area contributed by atoms with Gasteiger partial charge in [-0.1, -0.05) is 0 Å². The van der Waals surface area contributed by atoms with E-state index in [0.29, 0.717) is 0 Å². The maximum absolute atomic E-state index is 7.50. The Bertz CT molecular complexity index is 189. The molecule has 0 N–H and O–H groups in total. The Morgan fingerprint density at radius 1 is 1.56 bits per heavy atom. The van der Waals surface area contributed by atoms with Crippen molar-refractivity contribution in [1.82, 2.24) is 0 Å². The predicted molar refractivity (Wildman–Crippen MR) is 43.0 cm³/mol. The normalized spacial score (nSPS) is 62.1. The third kappa shape index (κ3) is 3.42. The zero-order valence-electron chi connectivity index (χ0n) is 8.92. The summed E-state index contributed by atoms with van der Waals surface area (Å²) in [7, 11) is -11.1. The van der Waals surface area contributed by atoms with Gasteiger partial charge < -0.3 is 16.5 Å². The van der Waals surface area contributed by atoms with Crippen LogP contribution in [0.3, 0.4) is 0 Å². The van der Waals surface area contributed by atoms with Gasteiger partial charge in [-0.05, 0) is 6.55 Å². The van der Waals surface area contributed by atoms with Gasteiger partial charge in [0.25, 0.3) is 39.0 Å². The molecular formula is CH10O4Si4. The molecule has 9 heavy (non-hydrogen) atoms. The molecule has 1 fully saturated rings. The van der Waals surface area contributed by atoms with E-state index in [4.69, 9.17) is 21.4 Å². The summed E-state index contributed by atoms with van der Waals surface area (Å²) in [6.07, 6.45) is 0. The molecule has 0 aromatic heterocycles. The van der Waals surface area contributed by atoms with Crippen molar-refractivity contribution in [2.24, 2.45) is 0 Å². The molecule has 54 valence electrons. The van der Waals surface area contributed by atoms with Gasteiger partial charge in [-0.15, -0.1) is 0 Å². The van der Waals surface area contributed by atoms with Gasteiger partial charge in [0.15, 0.2) is 0 Å². The molecule has 0 radical (unpaired) electrons. The van der Waals surface area contributed by atoms with E-state index in [0.717, 1.165) is 0 Å². The Balaban J connectivity index is 2.65. The molecule has 0 aliphatic carbocycles. The summed E-state index contributed by atoms with van der Waals surface area (Å²) in [6, 6.07) is 0. The number of rotatable bonds is 0. The van der Waals surface area contributed by atoms with Crippen molar-refractivity contribution in [2.75, 3.05) is 0 Å². The predicted octanol–water partition coefficient (Wildman–Crippen LogP) is -3.09. The Hall–Kier alpha value is 0.708. The van der Waals surface area contributed by atoms with Crippen molar-refractivity contribution < 1.29 is 16.5 Å². The van der Waals surface area contributed by atoms with Crippen LogP contribution in [0.1, 0.15) is 0 Å². The third-order valence-corrected chi connectivity index (χ3v) is 6.12. The summed E-state index contributed by atoms with van der Waals surface area (Å²) in [5.41, 5.74) is 0. The highest BCUT2D eigenvalue weighted by molar-refractivity contribution is 6.59. The van der Waals surface area contributed by atoms with Crippen LogP contribution in [0.5, 0.6) is 0 Å². The summed E-state index contributed by atoms with van der Waals surface area (Å²) in [5.74, 6) is 0. The van der Waals surface area contributed by atoms with Gasteiger partial charge in [0.1, 0.15) is 0 Å². The highest BCUT2D eigenvalue weighted by Gasteiger charge is 2.08. The number of hydrogen-bond donors (Lipinski definition) is 0. The van der Waals surface area contributed by atoms with Crippen LogP contribution in [0.15, 0.2) is 0 Å². The molecule has 0 saturated carbocycles. The monoisotopic (exact) mass is 202 g/mol. The van der Waals surface area contributed by atoms with E-state index in [1.54, 1.807) is 0 Å². The van der Waals surface area contributed by atoms with Crippen LogP contribution in [-0.2, 0) is 16.5 Å². The molecule has 1 aliphatic rings. The Morgan fingerprint density at radius 2 is 2.44 bits per heavy atom. The first-order valence-electron chi connectivity index (χ1n) is 4.44. The number of hydrogen-bond acceptors (Lipinski definition) is 4. The minimum absolute atomic E-state index is 1.39. The molecule has 1 heterocycles. The standard InChI is InChI=1S/CH10O4Si4/c1-9-4-7-2-6-3-8-5-9/h9H,6-8H2,1H3/i6D,7D2,9D. The van der Waals surface area contributed by atoms with Crippen molar-refractivity contribution in [3.8, 4) is 0 Å². The second-order valence-corrected chi connectivity index (χ2v) is 7.15. The minimum Gasteiger partial charge on any atom is -0.425 e. The molecule has 1 saturated heterocycles. The van der Waals surface area contributed by atoms with Crippen LogP contribution in [-0.4, -0.2) is 44.0 Å². The van der Waals surface area contributed by atoms with E-state index in [-0.39, 0.29) is 0 Å². The smallest absolute Gasteiger partial charge is 0.299 e. The molecule has 1 rings (SSSR count). The molecular weight excluding hydrogens is 188 g/mol. The fourth-order valence-electron chi connectivity index (χ4n) is 0.311. The third-order valence-electron chi connectivity index (χ3n) is 0.680. The van der Waals surface area contributed by atoms with E-state index >= 15 is 0 Å². The molecule has 0 amide bonds. The van der Waals surface area contributed by atoms with Crippen molar-refractivity contribution in [2.45, 2.75) is 6.55 Å². The Kier molecular flexibility index (Phi) is 1.96. The van der Waals surface area contributed by atoms with Crippen LogP contribution in [0, 0.1) is 0 Å². The first-order valence-corrected chi connectivity index (χ1v) is 7.10. The molecule has 1 aliphatic heterocycles. The highest BCUT2D eigenvalue weighted by Crippen LogP contribution is 1.89. The van der Waals surface area contributed by atoms with Crippen molar-refractivity contribution in [1.29, 1.82) is 4.94 Å². The van der Waals surface area contributed by atoms with Crippen LogP contribution in [0.4, 0.5) is 0 Å². The van der Waals surface area contributed by atoms with Crippen molar-refractivity contribution in [3.05, 3.63) is 0 Å². The maximum Gasteiger partial charge on any atom is 0.299 e. The van der Waals surface area contributed by atoms with Crippen molar-refractivity contribution in [3.63, 3.8) is 0 Å². The largest absolute Gasteiger partial charge is 0.425 e. The Labute approximate surface area is 67.8 Å². The average molecular weight is 202 g/mol. The van der Waals surface area contributed by atoms with Crippen LogP contribution in [0.25, 0.3) is 0 Å². The molecule has 2 unspecified atom stereocenters. The Morgan fingerprint density at radius 3 is 3.33 bits per heavy atom. The van der Waals surface area contributed by atoms with Gasteiger partial charge >= 0.3 is 0 Å². The van der Waals surface area contributed by atoms with Crippen LogP contribution < -0.4 is 0 Å². The van der Waals surface area contributed by atoms with Crippen LogP contribution >= 0.6 is 0 Å². The lowest BCUT2D eigenvalue weighted by molar-refractivity contribution is 0.333. The van der Waals surface area contributed by atoms with Gasteiger partial charge in [-0.3, -0.25) is 0 Å². The summed E-state index contributed by atoms with van der Waals surface area (Å²) in [5, 5.41) is 0. The molecule has 0 aromatic rings. The van der Waals surface area contributed by atoms with Gasteiger partial charge in [-0.2, -0.15) is 0 Å². The molecule has 4 nitrogen and oxygen atoms in total. The molecule has 8 heteroatoms. The van der Waals surface area contributed by atoms with Gasteiger partial charge in [0.05, 0.1) is 4.94 Å². The molecule has 0 aromatic carbocycles. The van der Waals surface area contributed by atoms with Gasteiger partial charge in [-0.25, -0.2) is 0 Å². The first kappa shape index (κ1) is 3.92. The summed E-state index contributed by atoms with van der Waals surface area (Å²) in [4.78, 5) is 0. The summed E-state index contributed by atoms with van der Waals surface area (Å²) >= 11 is 0.